The summed E-state index contributed by atoms with van der Waals surface area (Å²) in [6.45, 7) is 2.10. The third-order valence-electron chi connectivity index (χ3n) is 7.00. The molecule has 3 aliphatic rings. The summed E-state index contributed by atoms with van der Waals surface area (Å²) in [6.07, 6.45) is 11.6. The molecule has 3 fully saturated rings. The fraction of sp³-hybridized carbons (Fsp3) is 0.387. The van der Waals surface area contributed by atoms with E-state index < -0.39 is 0 Å². The van der Waals surface area contributed by atoms with Crippen molar-refractivity contribution in [2.24, 2.45) is 0 Å². The Balaban J connectivity index is 0.000000225. The van der Waals surface area contributed by atoms with Crippen molar-refractivity contribution in [3.8, 4) is 0 Å². The van der Waals surface area contributed by atoms with Crippen LogP contribution in [0.15, 0.2) is 60.9 Å². The van der Waals surface area contributed by atoms with Gasteiger partial charge >= 0.3 is 24.8 Å². The van der Waals surface area contributed by atoms with E-state index >= 15 is 0 Å². The van der Waals surface area contributed by atoms with Crippen LogP contribution in [-0.4, -0.2) is 58.7 Å². The number of aliphatic hydroxyl groups excluding tert-OH is 1. The molecule has 3 heterocycles. The van der Waals surface area contributed by atoms with Crippen molar-refractivity contribution in [2.75, 3.05) is 20.3 Å². The van der Waals surface area contributed by atoms with Crippen LogP contribution in [0.4, 0.5) is 0 Å². The summed E-state index contributed by atoms with van der Waals surface area (Å²) in [5.74, 6) is 1.11. The van der Waals surface area contributed by atoms with Crippen molar-refractivity contribution in [1.29, 1.82) is 0 Å². The molecule has 1 aliphatic heterocycles. The first-order chi connectivity index (χ1) is 18.1. The van der Waals surface area contributed by atoms with Crippen molar-refractivity contribution in [2.45, 2.75) is 57.0 Å². The molecule has 6 nitrogen and oxygen atoms in total. The molecule has 39 heavy (non-hydrogen) atoms. The topological polar surface area (TPSA) is 81.5 Å². The van der Waals surface area contributed by atoms with Gasteiger partial charge in [-0.3, -0.25) is 9.97 Å². The van der Waals surface area contributed by atoms with Crippen molar-refractivity contribution in [3.63, 3.8) is 0 Å². The molecule has 2 aromatic heterocycles. The maximum Gasteiger partial charge on any atom is 1.00 e. The Morgan fingerprint density at radius 1 is 0.897 bits per heavy atom. The number of aromatic nitrogens is 2. The van der Waals surface area contributed by atoms with Crippen LogP contribution < -0.4 is 18.9 Å². The predicted octanol–water partition coefficient (Wildman–Crippen LogP) is 2.23. The zero-order chi connectivity index (χ0) is 25.6. The van der Waals surface area contributed by atoms with Crippen molar-refractivity contribution >= 4 is 45.1 Å². The maximum atomic E-state index is 11.4. The number of aliphatic hydroxyl groups is 1. The molecule has 200 valence electrons. The number of benzene rings is 2. The molecular formula is C31H38AlLiN2O4. The second kappa shape index (κ2) is 15.0. The first-order valence-electron chi connectivity index (χ1n) is 13.2. The van der Waals surface area contributed by atoms with Gasteiger partial charge in [0.2, 0.25) is 0 Å². The van der Waals surface area contributed by atoms with E-state index in [4.69, 9.17) is 14.6 Å². The summed E-state index contributed by atoms with van der Waals surface area (Å²) in [5, 5.41) is 11.2. The van der Waals surface area contributed by atoms with Crippen molar-refractivity contribution in [1.82, 2.24) is 9.97 Å². The van der Waals surface area contributed by atoms with E-state index in [-0.39, 0.29) is 50.2 Å². The van der Waals surface area contributed by atoms with Crippen molar-refractivity contribution < 1.29 is 39.7 Å². The van der Waals surface area contributed by atoms with Crippen LogP contribution in [-0.2, 0) is 16.1 Å². The largest absolute Gasteiger partial charge is 1.00 e. The minimum atomic E-state index is -0.302. The molecule has 0 radical (unpaired) electrons. The molecule has 0 unspecified atom stereocenters. The van der Waals surface area contributed by atoms with Crippen LogP contribution in [0.2, 0.25) is 0 Å². The molecule has 2 aromatic carbocycles. The fourth-order valence-corrected chi connectivity index (χ4v) is 4.48. The van der Waals surface area contributed by atoms with Crippen LogP contribution in [0.1, 0.15) is 78.8 Å². The van der Waals surface area contributed by atoms with Crippen LogP contribution >= 0.6 is 0 Å². The standard InChI is InChI=1S/C14H13NO2.C13H13NO.C4H8O.Al.Li.4H/c1-17-14(16)10-4-5-13-11(6-10)7-12(8-15-13)9-2-3-9;15-8-9-1-4-13-11(5-9)6-12(7-14-13)10-2-3-10;1-2-4-5-3-1;;;;;;/h4-9H,2-3H2,1H3;1,4-7,10,15H,2-3,8H2;1-4H2;;;;;;/q;;;;+1;;;;-1. The van der Waals surface area contributed by atoms with Gasteiger partial charge in [-0.05, 0) is 110 Å². The number of pyridine rings is 2. The van der Waals surface area contributed by atoms with Gasteiger partial charge in [-0.25, -0.2) is 4.79 Å². The molecule has 2 aliphatic carbocycles. The minimum Gasteiger partial charge on any atom is -1.00 e. The van der Waals surface area contributed by atoms with Crippen LogP contribution in [0.5, 0.6) is 0 Å². The molecular weight excluding hydrogens is 498 g/mol. The van der Waals surface area contributed by atoms with E-state index in [1.54, 1.807) is 6.07 Å². The number of rotatable bonds is 4. The van der Waals surface area contributed by atoms with Gasteiger partial charge in [0, 0.05) is 36.4 Å². The van der Waals surface area contributed by atoms with Crippen LogP contribution in [0.3, 0.4) is 0 Å². The molecule has 8 heteroatoms. The second-order valence-electron chi connectivity index (χ2n) is 9.99. The molecule has 7 rings (SSSR count). The minimum absolute atomic E-state index is 0. The number of hydrogen-bond donors (Lipinski definition) is 1. The second-order valence-corrected chi connectivity index (χ2v) is 9.99. The summed E-state index contributed by atoms with van der Waals surface area (Å²) in [6, 6.07) is 15.7. The molecule has 0 bridgehead atoms. The number of carbonyl (C=O) groups is 1. The number of nitrogens with zero attached hydrogens (tertiary/aromatic N) is 2. The fourth-order valence-electron chi connectivity index (χ4n) is 4.48. The van der Waals surface area contributed by atoms with Gasteiger partial charge in [-0.1, -0.05) is 6.07 Å². The quantitative estimate of drug-likeness (QED) is 0.318. The number of esters is 1. The van der Waals surface area contributed by atoms with Gasteiger partial charge < -0.3 is 16.0 Å². The molecule has 1 N–H and O–H groups in total. The SMILES string of the molecule is C1CCOC1.COC(=O)c1ccc2ncc(C3CC3)cc2c1.OCc1ccc2ncc(C3CC3)cc2c1.[AlH3].[H-].[Li+]. The molecule has 0 atom stereocenters. The van der Waals surface area contributed by atoms with Gasteiger partial charge in [0.15, 0.2) is 17.4 Å². The van der Waals surface area contributed by atoms with Gasteiger partial charge in [0.05, 0.1) is 30.3 Å². The van der Waals surface area contributed by atoms with Crippen molar-refractivity contribution in [3.05, 3.63) is 83.2 Å². The zero-order valence-electron chi connectivity index (χ0n) is 23.4. The maximum absolute atomic E-state index is 11.4. The summed E-state index contributed by atoms with van der Waals surface area (Å²) in [7, 11) is 1.39. The normalized spacial score (nSPS) is 15.6. The number of carbonyl (C=O) groups excluding carboxylic acids is 1. The zero-order valence-corrected chi connectivity index (χ0v) is 22.4. The predicted molar refractivity (Wildman–Crippen MR) is 156 cm³/mol. The number of hydrogen-bond acceptors (Lipinski definition) is 6. The third kappa shape index (κ3) is 8.63. The summed E-state index contributed by atoms with van der Waals surface area (Å²) in [5.41, 5.74) is 6.09. The monoisotopic (exact) mass is 536 g/mol. The van der Waals surface area contributed by atoms with Crippen LogP contribution in [0.25, 0.3) is 21.8 Å². The number of methoxy groups -OCH3 is 1. The summed E-state index contributed by atoms with van der Waals surface area (Å²) < 4.78 is 9.66. The molecule has 4 aromatic rings. The Hall–Kier alpha value is -2.22. The Labute approximate surface area is 254 Å². The average Bonchev–Trinajstić information content (AvgIpc) is 3.90. The average molecular weight is 537 g/mol. The van der Waals surface area contributed by atoms with Gasteiger partial charge in [-0.15, -0.1) is 0 Å². The van der Waals surface area contributed by atoms with E-state index in [0.29, 0.717) is 11.5 Å². The van der Waals surface area contributed by atoms with Gasteiger partial charge in [0.25, 0.3) is 0 Å². The molecule has 0 amide bonds. The van der Waals surface area contributed by atoms with E-state index in [1.165, 1.54) is 56.8 Å². The Morgan fingerprint density at radius 3 is 1.90 bits per heavy atom. The Bertz CT molecular complexity index is 1390. The molecule has 2 saturated carbocycles. The summed E-state index contributed by atoms with van der Waals surface area (Å²) in [4.78, 5) is 20.3. The van der Waals surface area contributed by atoms with E-state index in [2.05, 4.69) is 22.1 Å². The third-order valence-corrected chi connectivity index (χ3v) is 7.00. The molecule has 1 saturated heterocycles. The smallest absolute Gasteiger partial charge is 1.00 e. The number of ether oxygens (including phenoxy) is 2. The number of fused-ring (bicyclic) bond motifs is 2. The van der Waals surface area contributed by atoms with Gasteiger partial charge in [-0.2, -0.15) is 0 Å². The Kier molecular flexibility index (Phi) is 12.0. The first-order valence-corrected chi connectivity index (χ1v) is 13.2. The molecule has 0 spiro atoms. The first kappa shape index (κ1) is 31.3. The summed E-state index contributed by atoms with van der Waals surface area (Å²) >= 11 is 0. The van der Waals surface area contributed by atoms with E-state index in [9.17, 15) is 4.79 Å². The van der Waals surface area contributed by atoms with Gasteiger partial charge in [0.1, 0.15) is 0 Å². The Morgan fingerprint density at radius 2 is 1.44 bits per heavy atom. The van der Waals surface area contributed by atoms with E-state index in [0.717, 1.165) is 46.5 Å². The van der Waals surface area contributed by atoms with Crippen LogP contribution in [0, 0.1) is 0 Å². The van der Waals surface area contributed by atoms with E-state index in [1.807, 2.05) is 42.7 Å².